The van der Waals surface area contributed by atoms with Gasteiger partial charge in [0.25, 0.3) is 5.91 Å². The summed E-state index contributed by atoms with van der Waals surface area (Å²) in [5.74, 6) is -0.195. The molecule has 0 atom stereocenters. The Hall–Kier alpha value is -3.70. The molecule has 12 heteroatoms. The van der Waals surface area contributed by atoms with Gasteiger partial charge in [0.2, 0.25) is 0 Å². The summed E-state index contributed by atoms with van der Waals surface area (Å²) in [6.45, 7) is 0.636. The van der Waals surface area contributed by atoms with Gasteiger partial charge in [0.1, 0.15) is 0 Å². The Kier molecular flexibility index (Phi) is 8.12. The second kappa shape index (κ2) is 11.2. The number of pyridine rings is 2. The molecule has 1 fully saturated rings. The second-order valence-electron chi connectivity index (χ2n) is 9.00. The van der Waals surface area contributed by atoms with Crippen LogP contribution in [0.25, 0.3) is 10.9 Å². The molecular formula is C27H24ClF3N4O3S. The fraction of sp³-hybridized carbons (Fsp3) is 0.222. The van der Waals surface area contributed by atoms with Gasteiger partial charge >= 0.3 is 6.18 Å². The molecule has 5 rings (SSSR count). The van der Waals surface area contributed by atoms with Crippen LogP contribution in [-0.2, 0) is 16.0 Å². The fourth-order valence-corrected chi connectivity index (χ4v) is 6.17. The normalized spacial score (nSPS) is 14.6. The number of carbonyl (C=O) groups excluding carboxylic acids is 1. The molecule has 3 heterocycles. The first-order valence-corrected chi connectivity index (χ1v) is 13.4. The average Bonchev–Trinajstić information content (AvgIpc) is 2.93. The van der Waals surface area contributed by atoms with Crippen LogP contribution in [0.5, 0.6) is 0 Å². The van der Waals surface area contributed by atoms with E-state index in [2.05, 4.69) is 15.3 Å². The van der Waals surface area contributed by atoms with E-state index >= 15 is 0 Å². The minimum atomic E-state index is -4.45. The van der Waals surface area contributed by atoms with E-state index in [1.807, 2.05) is 0 Å². The molecule has 0 aliphatic carbocycles. The molecule has 0 unspecified atom stereocenters. The van der Waals surface area contributed by atoms with Crippen molar-refractivity contribution in [1.82, 2.24) is 14.9 Å². The summed E-state index contributed by atoms with van der Waals surface area (Å²) in [7, 11) is -3.55. The Balaban J connectivity index is 0.00000353. The highest BCUT2D eigenvalue weighted by molar-refractivity contribution is 7.92. The number of likely N-dealkylation sites (tertiary alicyclic amines) is 1. The number of sulfone groups is 1. The summed E-state index contributed by atoms with van der Waals surface area (Å²) < 4.78 is 64.8. The number of alkyl halides is 3. The summed E-state index contributed by atoms with van der Waals surface area (Å²) in [6, 6.07) is 16.6. The smallest absolute Gasteiger partial charge is 0.355 e. The van der Waals surface area contributed by atoms with Gasteiger partial charge in [-0.2, -0.15) is 13.2 Å². The number of halogens is 4. The number of hydrogen-bond acceptors (Lipinski definition) is 6. The molecule has 4 aromatic rings. The molecule has 1 amide bonds. The number of piperidine rings is 1. The lowest BCUT2D eigenvalue weighted by atomic mass is 10.1. The largest absolute Gasteiger partial charge is 0.416 e. The quantitative estimate of drug-likeness (QED) is 0.318. The molecule has 0 spiro atoms. The lowest BCUT2D eigenvalue weighted by Crippen LogP contribution is -2.42. The van der Waals surface area contributed by atoms with E-state index in [0.717, 1.165) is 12.1 Å². The fourth-order valence-electron chi connectivity index (χ4n) is 4.52. The molecule has 1 aliphatic rings. The number of fused-ring (bicyclic) bond motifs is 1. The van der Waals surface area contributed by atoms with Crippen molar-refractivity contribution in [2.75, 3.05) is 18.4 Å². The molecule has 1 N–H and O–H groups in total. The maximum Gasteiger partial charge on any atom is 0.416 e. The monoisotopic (exact) mass is 576 g/mol. The number of amides is 1. The maximum absolute atomic E-state index is 13.0. The average molecular weight is 577 g/mol. The van der Waals surface area contributed by atoms with E-state index in [0.29, 0.717) is 48.3 Å². The number of nitrogens with one attached hydrogen (secondary N) is 1. The first kappa shape index (κ1) is 28.3. The van der Waals surface area contributed by atoms with Crippen molar-refractivity contribution in [3.63, 3.8) is 0 Å². The lowest BCUT2D eigenvalue weighted by molar-refractivity contribution is -0.137. The summed E-state index contributed by atoms with van der Waals surface area (Å²) in [4.78, 5) is 22.7. The number of carbonyl (C=O) groups is 1. The predicted octanol–water partition coefficient (Wildman–Crippen LogP) is 5.89. The molecule has 7 nitrogen and oxygen atoms in total. The summed E-state index contributed by atoms with van der Waals surface area (Å²) in [5, 5.41) is 3.17. The maximum atomic E-state index is 13.0. The highest BCUT2D eigenvalue weighted by Gasteiger charge is 2.34. The third-order valence-electron chi connectivity index (χ3n) is 6.58. The van der Waals surface area contributed by atoms with Crippen LogP contribution < -0.4 is 5.32 Å². The lowest BCUT2D eigenvalue weighted by Gasteiger charge is -2.31. The van der Waals surface area contributed by atoms with E-state index in [9.17, 15) is 26.4 Å². The van der Waals surface area contributed by atoms with Crippen LogP contribution in [0.15, 0.2) is 84.1 Å². The van der Waals surface area contributed by atoms with Crippen molar-refractivity contribution in [3.8, 4) is 0 Å². The molecule has 1 saturated heterocycles. The zero-order chi connectivity index (χ0) is 26.9. The predicted molar refractivity (Wildman–Crippen MR) is 144 cm³/mol. The van der Waals surface area contributed by atoms with Gasteiger partial charge in [0.05, 0.1) is 16.3 Å². The van der Waals surface area contributed by atoms with Crippen molar-refractivity contribution in [2.24, 2.45) is 0 Å². The number of anilines is 2. The van der Waals surface area contributed by atoms with Crippen molar-refractivity contribution >= 4 is 50.4 Å². The Labute approximate surface area is 229 Å². The number of aromatic nitrogens is 2. The topological polar surface area (TPSA) is 92.3 Å². The number of benzene rings is 2. The minimum absolute atomic E-state index is 0. The number of nitrogens with zero attached hydrogens (tertiary/aromatic N) is 3. The first-order valence-electron chi connectivity index (χ1n) is 11.9. The number of rotatable bonds is 5. The Morgan fingerprint density at radius 1 is 0.923 bits per heavy atom. The standard InChI is InChI=1S/C27H23F3N4O3S.ClH/c28-27(29,30)19-6-9-22-23(10-14-31-24(22)17-19)33-20-7-4-18(5-8-20)26(35)34-15-11-21(12-16-34)38(36,37)25-3-1-2-13-32-25;/h1-10,13-14,17,21H,11-12,15-16H2,(H,31,33);1H. The first-order chi connectivity index (χ1) is 18.1. The van der Waals surface area contributed by atoms with E-state index in [-0.39, 0.29) is 28.9 Å². The van der Waals surface area contributed by atoms with E-state index in [1.54, 1.807) is 47.4 Å². The summed E-state index contributed by atoms with van der Waals surface area (Å²) in [6.07, 6.45) is -0.916. The molecule has 0 saturated carbocycles. The van der Waals surface area contributed by atoms with Gasteiger partial charge < -0.3 is 10.2 Å². The van der Waals surface area contributed by atoms with Crippen LogP contribution in [0.4, 0.5) is 24.5 Å². The zero-order valence-corrected chi connectivity index (χ0v) is 22.1. The molecule has 2 aromatic carbocycles. The SMILES string of the molecule is Cl.O=C(c1ccc(Nc2ccnc3cc(C(F)(F)F)ccc23)cc1)N1CCC(S(=O)(=O)c2ccccn2)CC1. The van der Waals surface area contributed by atoms with Crippen LogP contribution in [0.3, 0.4) is 0 Å². The van der Waals surface area contributed by atoms with Gasteiger partial charge in [0.15, 0.2) is 14.9 Å². The summed E-state index contributed by atoms with van der Waals surface area (Å²) in [5.41, 5.74) is 1.13. The van der Waals surface area contributed by atoms with Crippen LogP contribution >= 0.6 is 12.4 Å². The molecule has 1 aliphatic heterocycles. The van der Waals surface area contributed by atoms with Gasteiger partial charge in [-0.05, 0) is 67.4 Å². The van der Waals surface area contributed by atoms with Crippen LogP contribution in [0, 0.1) is 0 Å². The molecule has 0 radical (unpaired) electrons. The van der Waals surface area contributed by atoms with E-state index < -0.39 is 26.8 Å². The number of hydrogen-bond donors (Lipinski definition) is 1. The van der Waals surface area contributed by atoms with Crippen LogP contribution in [0.1, 0.15) is 28.8 Å². The zero-order valence-electron chi connectivity index (χ0n) is 20.4. The molecule has 39 heavy (non-hydrogen) atoms. The van der Waals surface area contributed by atoms with Crippen molar-refractivity contribution in [1.29, 1.82) is 0 Å². The highest BCUT2D eigenvalue weighted by atomic mass is 35.5. The Morgan fingerprint density at radius 2 is 1.64 bits per heavy atom. The molecular weight excluding hydrogens is 553 g/mol. The molecule has 0 bridgehead atoms. The van der Waals surface area contributed by atoms with Crippen molar-refractivity contribution < 1.29 is 26.4 Å². The van der Waals surface area contributed by atoms with E-state index in [4.69, 9.17) is 0 Å². The highest BCUT2D eigenvalue weighted by Crippen LogP contribution is 2.33. The van der Waals surface area contributed by atoms with Gasteiger partial charge in [0, 0.05) is 47.8 Å². The van der Waals surface area contributed by atoms with Crippen molar-refractivity contribution in [3.05, 3.63) is 90.3 Å². The van der Waals surface area contributed by atoms with Crippen LogP contribution in [-0.4, -0.2) is 47.5 Å². The summed E-state index contributed by atoms with van der Waals surface area (Å²) >= 11 is 0. The van der Waals surface area contributed by atoms with E-state index in [1.165, 1.54) is 24.5 Å². The van der Waals surface area contributed by atoms with Crippen molar-refractivity contribution in [2.45, 2.75) is 29.3 Å². The molecule has 204 valence electrons. The van der Waals surface area contributed by atoms with Gasteiger partial charge in [-0.25, -0.2) is 13.4 Å². The Morgan fingerprint density at radius 3 is 2.28 bits per heavy atom. The molecule has 2 aromatic heterocycles. The third-order valence-corrected chi connectivity index (χ3v) is 8.75. The third kappa shape index (κ3) is 5.99. The minimum Gasteiger partial charge on any atom is -0.355 e. The van der Waals surface area contributed by atoms with Gasteiger partial charge in [-0.3, -0.25) is 9.78 Å². The second-order valence-corrected chi connectivity index (χ2v) is 11.2. The Bertz CT molecular complexity index is 1580. The van der Waals surface area contributed by atoms with Gasteiger partial charge in [-0.1, -0.05) is 12.1 Å². The van der Waals surface area contributed by atoms with Crippen LogP contribution in [0.2, 0.25) is 0 Å². The van der Waals surface area contributed by atoms with Gasteiger partial charge in [-0.15, -0.1) is 12.4 Å².